The van der Waals surface area contributed by atoms with Gasteiger partial charge in [0.25, 0.3) is 0 Å². The Labute approximate surface area is 353 Å². The Kier molecular flexibility index (Phi) is 12.9. The van der Waals surface area contributed by atoms with Gasteiger partial charge in [-0.05, 0) is 81.6 Å². The molecule has 346 valence electrons. The highest BCUT2D eigenvalue weighted by Gasteiger charge is 2.71. The highest BCUT2D eigenvalue weighted by molar-refractivity contribution is 5.85. The zero-order valence-corrected chi connectivity index (χ0v) is 34.8. The van der Waals surface area contributed by atoms with Gasteiger partial charge in [-0.1, -0.05) is 6.92 Å². The van der Waals surface area contributed by atoms with Crippen molar-refractivity contribution < 1.29 is 93.4 Å². The van der Waals surface area contributed by atoms with E-state index < -0.39 is 127 Å². The fourth-order valence-electron chi connectivity index (χ4n) is 12.9. The summed E-state index contributed by atoms with van der Waals surface area (Å²) in [7, 11) is 1.47. The van der Waals surface area contributed by atoms with E-state index in [9.17, 15) is 55.5 Å². The first kappa shape index (κ1) is 45.8. The monoisotopic (exact) mass is 872 g/mol. The summed E-state index contributed by atoms with van der Waals surface area (Å²) in [5, 5.41) is 97.4. The lowest BCUT2D eigenvalue weighted by Crippen LogP contribution is -2.69. The molecule has 3 saturated heterocycles. The first-order valence-corrected chi connectivity index (χ1v) is 21.8. The van der Waals surface area contributed by atoms with Gasteiger partial charge in [-0.2, -0.15) is 0 Å². The first-order valence-electron chi connectivity index (χ1n) is 21.8. The van der Waals surface area contributed by atoms with Crippen molar-refractivity contribution in [2.75, 3.05) is 26.9 Å². The smallest absolute Gasteiger partial charge is 0.331 e. The van der Waals surface area contributed by atoms with Crippen molar-refractivity contribution in [3.05, 3.63) is 11.6 Å². The molecular weight excluding hydrogens is 808 g/mol. The minimum Gasteiger partial charge on any atom is -0.458 e. The second kappa shape index (κ2) is 17.2. The molecule has 19 heteroatoms. The Hall–Kier alpha value is -1.76. The van der Waals surface area contributed by atoms with E-state index in [-0.39, 0.29) is 43.2 Å². The van der Waals surface area contributed by atoms with Crippen LogP contribution in [-0.4, -0.2) is 188 Å². The molecule has 61 heavy (non-hydrogen) atoms. The van der Waals surface area contributed by atoms with E-state index >= 15 is 0 Å². The Morgan fingerprint density at radius 1 is 0.820 bits per heavy atom. The predicted octanol–water partition coefficient (Wildman–Crippen LogP) is -1.92. The summed E-state index contributed by atoms with van der Waals surface area (Å²) >= 11 is 0. The molecule has 0 bridgehead atoms. The van der Waals surface area contributed by atoms with Gasteiger partial charge >= 0.3 is 5.97 Å². The number of cyclic esters (lactones) is 1. The van der Waals surface area contributed by atoms with Crippen LogP contribution in [0.5, 0.6) is 0 Å². The molecule has 19 nitrogen and oxygen atoms in total. The van der Waals surface area contributed by atoms with Crippen LogP contribution in [0.15, 0.2) is 11.6 Å². The normalized spacial score (nSPS) is 53.6. The third-order valence-electron chi connectivity index (χ3n) is 16.3. The van der Waals surface area contributed by atoms with Gasteiger partial charge in [-0.25, -0.2) is 4.79 Å². The quantitative estimate of drug-likeness (QED) is 0.0622. The van der Waals surface area contributed by atoms with E-state index in [0.717, 1.165) is 18.3 Å². The van der Waals surface area contributed by atoms with Crippen molar-refractivity contribution in [2.24, 2.45) is 28.6 Å². The lowest BCUT2D eigenvalue weighted by Gasteiger charge is -2.65. The fraction of sp³-hybridized carbons (Fsp3) is 0.905. The molecule has 19 unspecified atom stereocenters. The van der Waals surface area contributed by atoms with E-state index in [1.54, 1.807) is 13.0 Å². The largest absolute Gasteiger partial charge is 0.458 e. The van der Waals surface area contributed by atoms with Gasteiger partial charge in [0, 0.05) is 31.4 Å². The summed E-state index contributed by atoms with van der Waals surface area (Å²) in [4.78, 5) is 25.3. The molecule has 0 radical (unpaired) electrons. The molecule has 7 fully saturated rings. The van der Waals surface area contributed by atoms with E-state index in [1.165, 1.54) is 7.11 Å². The third-order valence-corrected chi connectivity index (χ3v) is 16.3. The second-order valence-corrected chi connectivity index (χ2v) is 19.2. The molecule has 0 spiro atoms. The van der Waals surface area contributed by atoms with Gasteiger partial charge in [0.1, 0.15) is 67.8 Å². The van der Waals surface area contributed by atoms with Crippen LogP contribution < -0.4 is 0 Å². The number of aldehydes is 1. The standard InChI is InChI=1S/C42H64O19/c1-19-36(61-38-35(51)33(49)31(47)27(60-38)17-56-37-34(50)32(48)30(46)26(15-43)59-37)25(54-3)13-29(57-19)58-21-4-9-40(18-44)23-5-8-39(2)22(20-12-28(45)55-16-20)7-11-42(39,53)24(23)6-10-41(40,52)14-21/h12,18-19,21-27,29-38,43,46-53H,4-11,13-17H2,1-3H3/t19?,21?,22-,23-,24+,25?,26?,27?,29?,30?,31?,32?,33?,34?,35?,36?,37?,38?,39?,40?,41?,42?/m0/s1. The first-order chi connectivity index (χ1) is 28.9. The molecule has 0 aromatic rings. The summed E-state index contributed by atoms with van der Waals surface area (Å²) < 4.78 is 46.7. The number of aliphatic hydroxyl groups is 9. The molecular formula is C42H64O19. The lowest BCUT2D eigenvalue weighted by molar-refractivity contribution is -0.355. The van der Waals surface area contributed by atoms with Gasteiger partial charge < -0.3 is 88.6 Å². The third kappa shape index (κ3) is 7.55. The van der Waals surface area contributed by atoms with Crippen molar-refractivity contribution in [1.29, 1.82) is 0 Å². The lowest BCUT2D eigenvalue weighted by atomic mass is 9.41. The van der Waals surface area contributed by atoms with Crippen LogP contribution >= 0.6 is 0 Å². The summed E-state index contributed by atoms with van der Waals surface area (Å²) in [6, 6.07) is 0. The number of esters is 1. The summed E-state index contributed by atoms with van der Waals surface area (Å²) in [6.45, 7) is 2.86. The molecule has 8 rings (SSSR count). The number of aliphatic hydroxyl groups excluding tert-OH is 7. The van der Waals surface area contributed by atoms with Gasteiger partial charge in [-0.15, -0.1) is 0 Å². The number of carbonyl (C=O) groups is 2. The molecule has 8 aliphatic rings. The molecule has 4 saturated carbocycles. The maximum Gasteiger partial charge on any atom is 0.331 e. The maximum absolute atomic E-state index is 13.3. The van der Waals surface area contributed by atoms with Crippen molar-refractivity contribution in [3.8, 4) is 0 Å². The summed E-state index contributed by atoms with van der Waals surface area (Å²) in [5.41, 5.74) is -3.06. The van der Waals surface area contributed by atoms with Gasteiger partial charge in [-0.3, -0.25) is 0 Å². The predicted molar refractivity (Wildman–Crippen MR) is 203 cm³/mol. The van der Waals surface area contributed by atoms with Crippen molar-refractivity contribution >= 4 is 12.3 Å². The summed E-state index contributed by atoms with van der Waals surface area (Å²) in [6.07, 6.45) is -12.2. The molecule has 4 heterocycles. The Morgan fingerprint density at radius 3 is 2.18 bits per heavy atom. The number of rotatable bonds is 11. The van der Waals surface area contributed by atoms with Crippen LogP contribution in [0.3, 0.4) is 0 Å². The minimum absolute atomic E-state index is 0.00485. The SMILES string of the molecule is COC1CC(OC2CCC3(C=O)[C@H]4CCC5(C)[C@H](C6=CC(=O)OC6)CCC5(O)[C@@H]4CCC3(O)C2)OC(C)C1OC1OC(COC2OC(CO)C(O)C(O)C2O)C(O)C(O)C1O. The second-order valence-electron chi connectivity index (χ2n) is 19.2. The number of hydrogen-bond acceptors (Lipinski definition) is 19. The van der Waals surface area contributed by atoms with Crippen molar-refractivity contribution in [2.45, 2.75) is 181 Å². The van der Waals surface area contributed by atoms with E-state index in [1.807, 2.05) is 0 Å². The molecule has 9 N–H and O–H groups in total. The minimum atomic E-state index is -1.75. The molecule has 4 aliphatic heterocycles. The topological polar surface area (TPSA) is 290 Å². The van der Waals surface area contributed by atoms with Crippen LogP contribution in [-0.2, 0) is 47.5 Å². The zero-order valence-electron chi connectivity index (χ0n) is 34.8. The van der Waals surface area contributed by atoms with E-state index in [2.05, 4.69) is 6.92 Å². The van der Waals surface area contributed by atoms with E-state index in [0.29, 0.717) is 44.9 Å². The van der Waals surface area contributed by atoms with Crippen LogP contribution in [0.2, 0.25) is 0 Å². The molecule has 22 atom stereocenters. The Bertz CT molecular complexity index is 1630. The zero-order chi connectivity index (χ0) is 43.8. The molecule has 4 aliphatic carbocycles. The van der Waals surface area contributed by atoms with Crippen LogP contribution in [0.1, 0.15) is 78.1 Å². The number of ether oxygens (including phenoxy) is 8. The highest BCUT2D eigenvalue weighted by atomic mass is 16.8. The Balaban J connectivity index is 0.886. The highest BCUT2D eigenvalue weighted by Crippen LogP contribution is 2.70. The average Bonchev–Trinajstić information content (AvgIpc) is 3.79. The van der Waals surface area contributed by atoms with Gasteiger partial charge in [0.2, 0.25) is 0 Å². The Morgan fingerprint density at radius 2 is 1.51 bits per heavy atom. The van der Waals surface area contributed by atoms with Crippen LogP contribution in [0, 0.1) is 28.6 Å². The van der Waals surface area contributed by atoms with Crippen LogP contribution in [0.4, 0.5) is 0 Å². The number of hydrogen-bond donors (Lipinski definition) is 9. The molecule has 0 aromatic carbocycles. The van der Waals surface area contributed by atoms with Crippen LogP contribution in [0.25, 0.3) is 0 Å². The van der Waals surface area contributed by atoms with Gasteiger partial charge in [0.05, 0.1) is 48.1 Å². The van der Waals surface area contributed by atoms with Gasteiger partial charge in [0.15, 0.2) is 18.9 Å². The number of methoxy groups -OCH3 is 1. The average molecular weight is 873 g/mol. The van der Waals surface area contributed by atoms with E-state index in [4.69, 9.17) is 37.9 Å². The molecule has 0 amide bonds. The van der Waals surface area contributed by atoms with Crippen molar-refractivity contribution in [1.82, 2.24) is 0 Å². The fourth-order valence-corrected chi connectivity index (χ4v) is 12.9. The van der Waals surface area contributed by atoms with Crippen molar-refractivity contribution in [3.63, 3.8) is 0 Å². The molecule has 0 aromatic heterocycles. The number of fused-ring (bicyclic) bond motifs is 5. The number of carbonyl (C=O) groups excluding carboxylic acids is 2. The summed E-state index contributed by atoms with van der Waals surface area (Å²) in [5.74, 6) is -0.767. The maximum atomic E-state index is 13.3.